The summed E-state index contributed by atoms with van der Waals surface area (Å²) in [5, 5.41) is 2.49. The lowest BCUT2D eigenvalue weighted by Gasteiger charge is -2.10. The molecule has 1 aromatic heterocycles. The van der Waals surface area contributed by atoms with Gasteiger partial charge in [0.15, 0.2) is 0 Å². The lowest BCUT2D eigenvalue weighted by atomic mass is 10.2. The van der Waals surface area contributed by atoms with E-state index in [-0.39, 0.29) is 28.4 Å². The summed E-state index contributed by atoms with van der Waals surface area (Å²) in [6.07, 6.45) is 2.21. The molecule has 1 heterocycles. The Labute approximate surface area is 124 Å². The first-order valence-corrected chi connectivity index (χ1v) is 8.24. The van der Waals surface area contributed by atoms with Crippen LogP contribution in [0.3, 0.4) is 0 Å². The zero-order valence-electron chi connectivity index (χ0n) is 12.4. The van der Waals surface area contributed by atoms with Crippen molar-refractivity contribution in [2.45, 2.75) is 30.9 Å². The van der Waals surface area contributed by atoms with Crippen molar-refractivity contribution in [3.8, 4) is 0 Å². The standard InChI is InChI=1S/C13H21N3O4S/c1-8-10(6-12(20-8)21(18,19)16(2)3)13(17)15-7-11(14)9-4-5-9/h6,9,11H,4-5,7,14H2,1-3H3,(H,15,17). The molecular weight excluding hydrogens is 294 g/mol. The molecule has 0 bridgehead atoms. The maximum atomic E-state index is 12.1. The van der Waals surface area contributed by atoms with Crippen LogP contribution in [0.15, 0.2) is 15.6 Å². The first kappa shape index (κ1) is 16.0. The van der Waals surface area contributed by atoms with Gasteiger partial charge in [-0.25, -0.2) is 12.7 Å². The Balaban J connectivity index is 2.09. The van der Waals surface area contributed by atoms with Crippen molar-refractivity contribution in [1.29, 1.82) is 0 Å². The highest BCUT2D eigenvalue weighted by Crippen LogP contribution is 2.31. The van der Waals surface area contributed by atoms with Crippen molar-refractivity contribution in [2.75, 3.05) is 20.6 Å². The van der Waals surface area contributed by atoms with Gasteiger partial charge in [0.25, 0.3) is 15.9 Å². The van der Waals surface area contributed by atoms with Crippen LogP contribution in [0.25, 0.3) is 0 Å². The first-order chi connectivity index (χ1) is 9.73. The highest BCUT2D eigenvalue weighted by Gasteiger charge is 2.29. The molecule has 0 saturated heterocycles. The molecule has 3 N–H and O–H groups in total. The molecule has 0 aromatic carbocycles. The Bertz CT molecular complexity index is 632. The smallest absolute Gasteiger partial charge is 0.275 e. The first-order valence-electron chi connectivity index (χ1n) is 6.80. The maximum Gasteiger partial charge on any atom is 0.275 e. The van der Waals surface area contributed by atoms with Gasteiger partial charge in [-0.2, -0.15) is 0 Å². The van der Waals surface area contributed by atoms with Crippen molar-refractivity contribution in [2.24, 2.45) is 11.7 Å². The van der Waals surface area contributed by atoms with E-state index in [1.165, 1.54) is 20.2 Å². The summed E-state index contributed by atoms with van der Waals surface area (Å²) < 4.78 is 30.2. The number of hydrogen-bond acceptors (Lipinski definition) is 5. The minimum absolute atomic E-state index is 0.0499. The zero-order valence-corrected chi connectivity index (χ0v) is 13.2. The van der Waals surface area contributed by atoms with E-state index in [0.717, 1.165) is 17.1 Å². The molecule has 1 fully saturated rings. The van der Waals surface area contributed by atoms with E-state index in [1.54, 1.807) is 6.92 Å². The van der Waals surface area contributed by atoms with Crippen LogP contribution in [0.5, 0.6) is 0 Å². The van der Waals surface area contributed by atoms with Crippen LogP contribution in [0.1, 0.15) is 29.0 Å². The molecule has 0 radical (unpaired) electrons. The highest BCUT2D eigenvalue weighted by atomic mass is 32.2. The molecule has 1 amide bonds. The molecule has 1 unspecified atom stereocenters. The minimum atomic E-state index is -3.68. The van der Waals surface area contributed by atoms with E-state index in [9.17, 15) is 13.2 Å². The Hall–Kier alpha value is -1.38. The molecular formula is C13H21N3O4S. The van der Waals surface area contributed by atoms with Crippen LogP contribution in [0, 0.1) is 12.8 Å². The van der Waals surface area contributed by atoms with Gasteiger partial charge in [0.05, 0.1) is 5.56 Å². The summed E-state index contributed by atoms with van der Waals surface area (Å²) in [6, 6.07) is 1.20. The summed E-state index contributed by atoms with van der Waals surface area (Å²) in [5.74, 6) is 0.390. The lowest BCUT2D eigenvalue weighted by Crippen LogP contribution is -2.38. The molecule has 2 rings (SSSR count). The lowest BCUT2D eigenvalue weighted by molar-refractivity contribution is 0.0948. The summed E-state index contributed by atoms with van der Waals surface area (Å²) in [4.78, 5) is 12.1. The molecule has 21 heavy (non-hydrogen) atoms. The van der Waals surface area contributed by atoms with Crippen LogP contribution in [0.4, 0.5) is 0 Å². The number of rotatable bonds is 6. The van der Waals surface area contributed by atoms with E-state index in [4.69, 9.17) is 10.2 Å². The van der Waals surface area contributed by atoms with Crippen LogP contribution in [-0.4, -0.2) is 45.3 Å². The predicted molar refractivity (Wildman–Crippen MR) is 77.4 cm³/mol. The third-order valence-corrected chi connectivity index (χ3v) is 5.27. The van der Waals surface area contributed by atoms with Gasteiger partial charge in [0, 0.05) is 32.7 Å². The third-order valence-electron chi connectivity index (χ3n) is 3.60. The number of sulfonamides is 1. The number of amides is 1. The molecule has 1 saturated carbocycles. The molecule has 7 nitrogen and oxygen atoms in total. The number of furan rings is 1. The molecule has 8 heteroatoms. The topological polar surface area (TPSA) is 106 Å². The average Bonchev–Trinajstić information content (AvgIpc) is 3.18. The van der Waals surface area contributed by atoms with Crippen molar-refractivity contribution >= 4 is 15.9 Å². The molecule has 1 atom stereocenters. The summed E-state index contributed by atoms with van der Waals surface area (Å²) >= 11 is 0. The van der Waals surface area contributed by atoms with Crippen molar-refractivity contribution < 1.29 is 17.6 Å². The number of hydrogen-bond donors (Lipinski definition) is 2. The number of nitrogens with one attached hydrogen (secondary N) is 1. The van der Waals surface area contributed by atoms with Crippen molar-refractivity contribution in [3.05, 3.63) is 17.4 Å². The van der Waals surface area contributed by atoms with Crippen LogP contribution in [0.2, 0.25) is 0 Å². The highest BCUT2D eigenvalue weighted by molar-refractivity contribution is 7.88. The monoisotopic (exact) mass is 315 g/mol. The number of carbonyl (C=O) groups is 1. The zero-order chi connectivity index (χ0) is 15.8. The van der Waals surface area contributed by atoms with E-state index < -0.39 is 10.0 Å². The number of aryl methyl sites for hydroxylation is 1. The van der Waals surface area contributed by atoms with Gasteiger partial charge in [-0.05, 0) is 25.7 Å². The van der Waals surface area contributed by atoms with Crippen LogP contribution >= 0.6 is 0 Å². The fourth-order valence-electron chi connectivity index (χ4n) is 1.98. The Morgan fingerprint density at radius 3 is 2.67 bits per heavy atom. The number of carbonyl (C=O) groups excluding carboxylic acids is 1. The normalized spacial score (nSPS) is 17.0. The molecule has 0 aliphatic heterocycles. The van der Waals surface area contributed by atoms with Gasteiger partial charge in [-0.1, -0.05) is 0 Å². The quantitative estimate of drug-likeness (QED) is 0.785. The fraction of sp³-hybridized carbons (Fsp3) is 0.615. The van der Waals surface area contributed by atoms with Gasteiger partial charge >= 0.3 is 0 Å². The molecule has 1 aromatic rings. The Kier molecular flexibility index (Phi) is 4.40. The van der Waals surface area contributed by atoms with Gasteiger partial charge in [0.1, 0.15) is 5.76 Å². The Morgan fingerprint density at radius 2 is 2.14 bits per heavy atom. The van der Waals surface area contributed by atoms with E-state index in [1.807, 2.05) is 0 Å². The van der Waals surface area contributed by atoms with Gasteiger partial charge in [-0.15, -0.1) is 0 Å². The minimum Gasteiger partial charge on any atom is -0.448 e. The maximum absolute atomic E-state index is 12.1. The van der Waals surface area contributed by atoms with Gasteiger partial charge in [0.2, 0.25) is 5.09 Å². The van der Waals surface area contributed by atoms with Gasteiger partial charge < -0.3 is 15.5 Å². The fourth-order valence-corrected chi connectivity index (χ4v) is 2.84. The number of nitrogens with zero attached hydrogens (tertiary/aromatic N) is 1. The Morgan fingerprint density at radius 1 is 1.52 bits per heavy atom. The average molecular weight is 315 g/mol. The summed E-state index contributed by atoms with van der Waals surface area (Å²) in [6.45, 7) is 1.94. The van der Waals surface area contributed by atoms with Gasteiger partial charge in [-0.3, -0.25) is 4.79 Å². The summed E-state index contributed by atoms with van der Waals surface area (Å²) in [7, 11) is -0.876. The second kappa shape index (κ2) is 5.78. The van der Waals surface area contributed by atoms with E-state index in [0.29, 0.717) is 12.5 Å². The van der Waals surface area contributed by atoms with E-state index in [2.05, 4.69) is 5.32 Å². The second-order valence-corrected chi connectivity index (χ2v) is 7.62. The van der Waals surface area contributed by atoms with Crippen molar-refractivity contribution in [1.82, 2.24) is 9.62 Å². The third kappa shape index (κ3) is 3.45. The molecule has 118 valence electrons. The predicted octanol–water partition coefficient (Wildman–Crippen LogP) is 0.305. The molecule has 0 spiro atoms. The largest absolute Gasteiger partial charge is 0.448 e. The van der Waals surface area contributed by atoms with E-state index >= 15 is 0 Å². The summed E-state index contributed by atoms with van der Waals surface area (Å²) in [5.41, 5.74) is 6.14. The molecule has 1 aliphatic rings. The van der Waals surface area contributed by atoms with Crippen molar-refractivity contribution in [3.63, 3.8) is 0 Å². The van der Waals surface area contributed by atoms with Crippen LogP contribution < -0.4 is 11.1 Å². The molecule has 1 aliphatic carbocycles. The van der Waals surface area contributed by atoms with Crippen LogP contribution in [-0.2, 0) is 10.0 Å². The second-order valence-electron chi connectivity index (χ2n) is 5.53. The number of nitrogens with two attached hydrogens (primary N) is 1. The SMILES string of the molecule is Cc1oc(S(=O)(=O)N(C)C)cc1C(=O)NCC(N)C1CC1.